The number of aliphatic hydroxyl groups excluding tert-OH is 1. The van der Waals surface area contributed by atoms with E-state index in [0.717, 1.165) is 0 Å². The second-order valence-corrected chi connectivity index (χ2v) is 13.9. The van der Waals surface area contributed by atoms with Crippen LogP contribution in [0.25, 0.3) is 0 Å². The predicted molar refractivity (Wildman–Crippen MR) is 63.1 cm³/mol. The quantitative estimate of drug-likeness (QED) is 0.732. The van der Waals surface area contributed by atoms with Gasteiger partial charge in [-0.25, -0.2) is 0 Å². The summed E-state index contributed by atoms with van der Waals surface area (Å²) in [5.41, 5.74) is 0. The van der Waals surface area contributed by atoms with Crippen LogP contribution in [0.2, 0.25) is 8.87 Å². The van der Waals surface area contributed by atoms with Gasteiger partial charge in [0.15, 0.2) is 0 Å². The summed E-state index contributed by atoms with van der Waals surface area (Å²) < 4.78 is 14.4. The van der Waals surface area contributed by atoms with Crippen LogP contribution >= 0.6 is 0 Å². The van der Waals surface area contributed by atoms with Gasteiger partial charge in [0, 0.05) is 0 Å². The fourth-order valence-electron chi connectivity index (χ4n) is 1.99. The van der Waals surface area contributed by atoms with Gasteiger partial charge < -0.3 is 0 Å². The molecule has 1 aliphatic heterocycles. The van der Waals surface area contributed by atoms with Gasteiger partial charge in [0.25, 0.3) is 0 Å². The first-order valence-electron chi connectivity index (χ1n) is 6.19. The van der Waals surface area contributed by atoms with E-state index in [1.807, 2.05) is 0 Å². The van der Waals surface area contributed by atoms with E-state index in [-0.39, 0.29) is 12.7 Å². The maximum absolute atomic E-state index is 9.08. The molecule has 0 aromatic rings. The molecular formula is C11H24O3Sn. The zero-order valence-electron chi connectivity index (χ0n) is 10.00. The Balaban J connectivity index is 2.45. The fraction of sp³-hybridized carbons (Fsp3) is 1.00. The van der Waals surface area contributed by atoms with E-state index >= 15 is 0 Å². The molecule has 0 radical (unpaired) electrons. The summed E-state index contributed by atoms with van der Waals surface area (Å²) >= 11 is -2.70. The second kappa shape index (κ2) is 7.09. The summed E-state index contributed by atoms with van der Waals surface area (Å²) in [6.45, 7) is 5.17. The van der Waals surface area contributed by atoms with Crippen LogP contribution in [0.15, 0.2) is 0 Å². The topological polar surface area (TPSA) is 38.7 Å². The molecule has 0 aliphatic carbocycles. The van der Waals surface area contributed by atoms with E-state index in [2.05, 4.69) is 13.8 Å². The van der Waals surface area contributed by atoms with Crippen LogP contribution in [0.5, 0.6) is 0 Å². The van der Waals surface area contributed by atoms with Gasteiger partial charge in [0.2, 0.25) is 0 Å². The van der Waals surface area contributed by atoms with Crippen LogP contribution in [0.4, 0.5) is 0 Å². The summed E-state index contributed by atoms with van der Waals surface area (Å²) in [6, 6.07) is 0. The normalized spacial score (nSPS) is 24.6. The monoisotopic (exact) mass is 324 g/mol. The molecule has 0 bridgehead atoms. The van der Waals surface area contributed by atoms with Gasteiger partial charge in [-0.05, 0) is 0 Å². The van der Waals surface area contributed by atoms with Gasteiger partial charge in [0.1, 0.15) is 0 Å². The molecule has 1 unspecified atom stereocenters. The number of hydrogen-bond donors (Lipinski definition) is 1. The average Bonchev–Trinajstić information content (AvgIpc) is 2.68. The van der Waals surface area contributed by atoms with Crippen molar-refractivity contribution in [2.75, 3.05) is 13.2 Å². The van der Waals surface area contributed by atoms with Gasteiger partial charge in [-0.1, -0.05) is 0 Å². The molecule has 90 valence electrons. The summed E-state index contributed by atoms with van der Waals surface area (Å²) in [7, 11) is 0. The second-order valence-electron chi connectivity index (χ2n) is 4.35. The standard InChI is InChI=1S/2C4H9.C3H6O3.Sn/c2*1-3-4-2;4-1-3(6)2-5;/h2*1,3-4H2,2H3;3-4H,1-2H2;/q;;-2;+2. The van der Waals surface area contributed by atoms with Crippen LogP contribution in [0.3, 0.4) is 0 Å². The Bertz CT molecular complexity index is 167. The first-order valence-corrected chi connectivity index (χ1v) is 12.6. The molecule has 1 N–H and O–H groups in total. The molecule has 0 aromatic heterocycles. The molecule has 1 atom stereocenters. The first-order chi connectivity index (χ1) is 7.26. The Hall–Kier alpha value is 0.679. The Kier molecular flexibility index (Phi) is 6.50. The Morgan fingerprint density at radius 1 is 1.20 bits per heavy atom. The zero-order valence-corrected chi connectivity index (χ0v) is 12.9. The molecule has 1 saturated heterocycles. The third-order valence-electron chi connectivity index (χ3n) is 2.94. The van der Waals surface area contributed by atoms with Crippen LogP contribution in [-0.2, 0) is 6.15 Å². The van der Waals surface area contributed by atoms with Gasteiger partial charge in [-0.3, -0.25) is 0 Å². The van der Waals surface area contributed by atoms with Gasteiger partial charge in [-0.15, -0.1) is 0 Å². The SMILES string of the molecule is CCC[CH2][Sn]1([CH2]CCC)[O]CC(CO)[O]1. The van der Waals surface area contributed by atoms with E-state index in [1.54, 1.807) is 0 Å². The third kappa shape index (κ3) is 4.21. The molecule has 0 saturated carbocycles. The van der Waals surface area contributed by atoms with Crippen molar-refractivity contribution in [2.45, 2.75) is 54.5 Å². The van der Waals surface area contributed by atoms with Crippen molar-refractivity contribution < 1.29 is 11.3 Å². The molecule has 1 aliphatic rings. The van der Waals surface area contributed by atoms with Crippen molar-refractivity contribution >= 4 is 19.2 Å². The third-order valence-corrected chi connectivity index (χ3v) is 13.5. The van der Waals surface area contributed by atoms with E-state index in [4.69, 9.17) is 11.3 Å². The molecule has 0 aromatic carbocycles. The predicted octanol–water partition coefficient (Wildman–Crippen LogP) is 2.44. The van der Waals surface area contributed by atoms with Gasteiger partial charge in [0.05, 0.1) is 0 Å². The fourth-order valence-corrected chi connectivity index (χ4v) is 13.0. The average molecular weight is 323 g/mol. The molecule has 3 nitrogen and oxygen atoms in total. The van der Waals surface area contributed by atoms with E-state index in [1.165, 1.54) is 34.6 Å². The van der Waals surface area contributed by atoms with Crippen molar-refractivity contribution in [1.29, 1.82) is 0 Å². The van der Waals surface area contributed by atoms with E-state index in [0.29, 0.717) is 6.61 Å². The van der Waals surface area contributed by atoms with Gasteiger partial charge >= 0.3 is 98.2 Å². The molecular weight excluding hydrogens is 299 g/mol. The first kappa shape index (κ1) is 13.7. The molecule has 1 rings (SSSR count). The van der Waals surface area contributed by atoms with Gasteiger partial charge in [-0.2, -0.15) is 0 Å². The molecule has 15 heavy (non-hydrogen) atoms. The van der Waals surface area contributed by atoms with E-state index in [9.17, 15) is 0 Å². The number of aliphatic hydroxyl groups is 1. The van der Waals surface area contributed by atoms with Crippen molar-refractivity contribution in [3.63, 3.8) is 0 Å². The van der Waals surface area contributed by atoms with Crippen LogP contribution in [0, 0.1) is 0 Å². The molecule has 1 fully saturated rings. The number of unbranched alkanes of at least 4 members (excludes halogenated alkanes) is 2. The van der Waals surface area contributed by atoms with Crippen molar-refractivity contribution in [2.24, 2.45) is 0 Å². The summed E-state index contributed by atoms with van der Waals surface area (Å²) in [6.07, 6.45) is 4.84. The molecule has 1 heterocycles. The molecule has 4 heteroatoms. The Labute approximate surface area is 98.1 Å². The number of hydrogen-bond acceptors (Lipinski definition) is 3. The maximum atomic E-state index is 9.08. The minimum absolute atomic E-state index is 0.0190. The van der Waals surface area contributed by atoms with Crippen LogP contribution in [-0.4, -0.2) is 43.6 Å². The Morgan fingerprint density at radius 2 is 1.80 bits per heavy atom. The van der Waals surface area contributed by atoms with Crippen molar-refractivity contribution in [3.8, 4) is 0 Å². The number of rotatable bonds is 7. The van der Waals surface area contributed by atoms with Crippen molar-refractivity contribution in [3.05, 3.63) is 0 Å². The summed E-state index contributed by atoms with van der Waals surface area (Å²) in [5.74, 6) is 0. The molecule has 0 amide bonds. The Morgan fingerprint density at radius 3 is 2.20 bits per heavy atom. The summed E-state index contributed by atoms with van der Waals surface area (Å²) in [5, 5.41) is 9.08. The molecule has 0 spiro atoms. The van der Waals surface area contributed by atoms with E-state index < -0.39 is 19.2 Å². The van der Waals surface area contributed by atoms with Crippen molar-refractivity contribution in [1.82, 2.24) is 0 Å². The minimum atomic E-state index is -2.70. The zero-order chi connectivity index (χ0) is 11.1. The van der Waals surface area contributed by atoms with Crippen LogP contribution in [0.1, 0.15) is 39.5 Å². The van der Waals surface area contributed by atoms with Crippen LogP contribution < -0.4 is 0 Å². The summed E-state index contributed by atoms with van der Waals surface area (Å²) in [4.78, 5) is 0.